The van der Waals surface area contributed by atoms with Crippen LogP contribution in [-0.2, 0) is 0 Å². The Hall–Kier alpha value is -1.76. The lowest BCUT2D eigenvalue weighted by atomic mass is 10.1. The maximum Gasteiger partial charge on any atom is 0.118 e. The van der Waals surface area contributed by atoms with Gasteiger partial charge >= 0.3 is 0 Å². The van der Waals surface area contributed by atoms with E-state index in [1.165, 1.54) is 11.1 Å². The minimum absolute atomic E-state index is 0.891. The normalized spacial score (nSPS) is 12.5. The van der Waals surface area contributed by atoms with Crippen molar-refractivity contribution in [1.82, 2.24) is 0 Å². The minimum Gasteiger partial charge on any atom is -0.497 e. The summed E-state index contributed by atoms with van der Waals surface area (Å²) >= 11 is 0. The summed E-state index contributed by atoms with van der Waals surface area (Å²) in [5.41, 5.74) is 2.56. The molecule has 0 unspecified atom stereocenters. The average Bonchev–Trinajstić information content (AvgIpc) is 2.43. The van der Waals surface area contributed by atoms with Crippen molar-refractivity contribution >= 4 is 6.08 Å². The molecule has 0 atom stereocenters. The van der Waals surface area contributed by atoms with Gasteiger partial charge in [0, 0.05) is 0 Å². The minimum atomic E-state index is 0.891. The second-order valence-corrected chi connectivity index (χ2v) is 4.03. The molecule has 0 amide bonds. The molecule has 1 rings (SSSR count). The molecule has 0 radical (unpaired) electrons. The van der Waals surface area contributed by atoms with E-state index < -0.39 is 0 Å². The van der Waals surface area contributed by atoms with Crippen LogP contribution in [0.3, 0.4) is 0 Å². The number of ether oxygens (including phenoxy) is 1. The summed E-state index contributed by atoms with van der Waals surface area (Å²) in [4.78, 5) is 0. The van der Waals surface area contributed by atoms with Crippen molar-refractivity contribution < 1.29 is 4.74 Å². The lowest BCUT2D eigenvalue weighted by Gasteiger charge is -1.98. The second-order valence-electron chi connectivity index (χ2n) is 4.03. The molecule has 1 aromatic rings. The van der Waals surface area contributed by atoms with Gasteiger partial charge in [-0.25, -0.2) is 0 Å². The maximum atomic E-state index is 5.12. The van der Waals surface area contributed by atoms with Gasteiger partial charge in [0.25, 0.3) is 0 Å². The van der Waals surface area contributed by atoms with Crippen molar-refractivity contribution in [2.24, 2.45) is 0 Å². The monoisotopic (exact) mass is 242 g/mol. The van der Waals surface area contributed by atoms with E-state index in [2.05, 4.69) is 44.2 Å². The van der Waals surface area contributed by atoms with Gasteiger partial charge in [-0.15, -0.1) is 0 Å². The first-order valence-electron chi connectivity index (χ1n) is 6.48. The molecular weight excluding hydrogens is 220 g/mol. The Bertz CT molecular complexity index is 421. The number of rotatable bonds is 6. The fourth-order valence-corrected chi connectivity index (χ4v) is 1.65. The lowest BCUT2D eigenvalue weighted by molar-refractivity contribution is 0.415. The van der Waals surface area contributed by atoms with E-state index in [-0.39, 0.29) is 0 Å². The maximum absolute atomic E-state index is 5.12. The Labute approximate surface area is 110 Å². The van der Waals surface area contributed by atoms with Crippen molar-refractivity contribution in [1.29, 1.82) is 0 Å². The molecule has 18 heavy (non-hydrogen) atoms. The molecule has 0 N–H and O–H groups in total. The van der Waals surface area contributed by atoms with Crippen LogP contribution >= 0.6 is 0 Å². The molecule has 0 bridgehead atoms. The molecule has 0 saturated heterocycles. The van der Waals surface area contributed by atoms with Crippen molar-refractivity contribution in [3.05, 3.63) is 59.7 Å². The molecule has 0 aliphatic carbocycles. The SMILES string of the molecule is CC/C=C(/C=C/C=C/c1ccc(OC)cc1)CC. The highest BCUT2D eigenvalue weighted by Crippen LogP contribution is 2.12. The first kappa shape index (κ1) is 14.3. The van der Waals surface area contributed by atoms with Gasteiger partial charge in [0.1, 0.15) is 5.75 Å². The summed E-state index contributed by atoms with van der Waals surface area (Å²) < 4.78 is 5.12. The molecule has 0 aromatic heterocycles. The van der Waals surface area contributed by atoms with Crippen LogP contribution in [0.15, 0.2) is 54.1 Å². The Morgan fingerprint density at radius 2 is 1.83 bits per heavy atom. The molecule has 1 aromatic carbocycles. The van der Waals surface area contributed by atoms with Crippen LogP contribution in [0.4, 0.5) is 0 Å². The summed E-state index contributed by atoms with van der Waals surface area (Å²) in [5, 5.41) is 0. The van der Waals surface area contributed by atoms with E-state index >= 15 is 0 Å². The van der Waals surface area contributed by atoms with E-state index in [1.807, 2.05) is 24.3 Å². The zero-order chi connectivity index (χ0) is 13.2. The Kier molecular flexibility index (Phi) is 6.63. The molecule has 0 aliphatic heterocycles. The van der Waals surface area contributed by atoms with Crippen molar-refractivity contribution in [2.75, 3.05) is 7.11 Å². The predicted molar refractivity (Wildman–Crippen MR) is 79.8 cm³/mol. The highest BCUT2D eigenvalue weighted by atomic mass is 16.5. The summed E-state index contributed by atoms with van der Waals surface area (Å²) in [6.07, 6.45) is 12.9. The topological polar surface area (TPSA) is 9.23 Å². The molecule has 0 spiro atoms. The number of hydrogen-bond donors (Lipinski definition) is 0. The van der Waals surface area contributed by atoms with E-state index in [0.29, 0.717) is 0 Å². The van der Waals surface area contributed by atoms with Gasteiger partial charge in [0.05, 0.1) is 7.11 Å². The van der Waals surface area contributed by atoms with E-state index in [0.717, 1.165) is 18.6 Å². The molecule has 1 heteroatoms. The van der Waals surface area contributed by atoms with Gasteiger partial charge in [0.15, 0.2) is 0 Å². The third kappa shape index (κ3) is 5.05. The van der Waals surface area contributed by atoms with Crippen molar-refractivity contribution in [3.63, 3.8) is 0 Å². The van der Waals surface area contributed by atoms with E-state index in [1.54, 1.807) is 7.11 Å². The summed E-state index contributed by atoms with van der Waals surface area (Å²) in [6, 6.07) is 8.03. The smallest absolute Gasteiger partial charge is 0.118 e. The highest BCUT2D eigenvalue weighted by molar-refractivity contribution is 5.52. The van der Waals surface area contributed by atoms with Crippen molar-refractivity contribution in [3.8, 4) is 5.75 Å². The zero-order valence-electron chi connectivity index (χ0n) is 11.5. The summed E-state index contributed by atoms with van der Waals surface area (Å²) in [6.45, 7) is 4.34. The fraction of sp³-hybridized carbons (Fsp3) is 0.294. The lowest BCUT2D eigenvalue weighted by Crippen LogP contribution is -1.81. The molecule has 0 saturated carbocycles. The number of methoxy groups -OCH3 is 1. The number of hydrogen-bond acceptors (Lipinski definition) is 1. The number of allylic oxidation sites excluding steroid dienone is 5. The summed E-state index contributed by atoms with van der Waals surface area (Å²) in [5.74, 6) is 0.891. The van der Waals surface area contributed by atoms with Gasteiger partial charge < -0.3 is 4.74 Å². The molecule has 0 aliphatic rings. The molecule has 0 heterocycles. The van der Waals surface area contributed by atoms with Crippen LogP contribution in [0.1, 0.15) is 32.3 Å². The van der Waals surface area contributed by atoms with Gasteiger partial charge in [-0.05, 0) is 30.5 Å². The van der Waals surface area contributed by atoms with E-state index in [4.69, 9.17) is 4.74 Å². The summed E-state index contributed by atoms with van der Waals surface area (Å²) in [7, 11) is 1.68. The van der Waals surface area contributed by atoms with Crippen LogP contribution in [0.25, 0.3) is 6.08 Å². The van der Waals surface area contributed by atoms with Gasteiger partial charge in [-0.3, -0.25) is 0 Å². The van der Waals surface area contributed by atoms with Crippen LogP contribution in [-0.4, -0.2) is 7.11 Å². The van der Waals surface area contributed by atoms with Crippen LogP contribution in [0.5, 0.6) is 5.75 Å². The standard InChI is InChI=1S/C17H22O/c1-4-8-15(5-2)9-6-7-10-16-11-13-17(18-3)14-12-16/h6-14H,4-5H2,1-3H3/b9-6+,10-7+,15-8+. The Morgan fingerprint density at radius 1 is 1.11 bits per heavy atom. The molecule has 96 valence electrons. The van der Waals surface area contributed by atoms with E-state index in [9.17, 15) is 0 Å². The molecular formula is C17H22O. The third-order valence-electron chi connectivity index (χ3n) is 2.70. The number of benzene rings is 1. The van der Waals surface area contributed by atoms with Gasteiger partial charge in [-0.1, -0.05) is 61.9 Å². The van der Waals surface area contributed by atoms with Crippen LogP contribution in [0, 0.1) is 0 Å². The predicted octanol–water partition coefficient (Wildman–Crippen LogP) is 5.01. The first-order valence-corrected chi connectivity index (χ1v) is 6.48. The van der Waals surface area contributed by atoms with Gasteiger partial charge in [0.2, 0.25) is 0 Å². The van der Waals surface area contributed by atoms with Crippen molar-refractivity contribution in [2.45, 2.75) is 26.7 Å². The average molecular weight is 242 g/mol. The third-order valence-corrected chi connectivity index (χ3v) is 2.70. The quantitative estimate of drug-likeness (QED) is 0.637. The zero-order valence-corrected chi connectivity index (χ0v) is 11.5. The Balaban J connectivity index is 2.58. The fourth-order valence-electron chi connectivity index (χ4n) is 1.65. The van der Waals surface area contributed by atoms with Gasteiger partial charge in [-0.2, -0.15) is 0 Å². The van der Waals surface area contributed by atoms with Crippen LogP contribution < -0.4 is 4.74 Å². The second kappa shape index (κ2) is 8.35. The molecule has 0 fully saturated rings. The molecule has 1 nitrogen and oxygen atoms in total. The Morgan fingerprint density at radius 3 is 2.39 bits per heavy atom. The largest absolute Gasteiger partial charge is 0.497 e. The highest BCUT2D eigenvalue weighted by Gasteiger charge is 1.89. The first-order chi connectivity index (χ1) is 8.80. The van der Waals surface area contributed by atoms with Crippen LogP contribution in [0.2, 0.25) is 0 Å².